The largest absolute Gasteiger partial charge is 0.442 e. The number of nitrogens with two attached hydrogens (primary N) is 1. The molecule has 1 amide bonds. The molecule has 14 heteroatoms. The number of non-ortho nitro benzene ring substituents is 1. The van der Waals surface area contributed by atoms with Crippen molar-refractivity contribution in [1.29, 1.82) is 0 Å². The number of rotatable bonds is 8. The minimum Gasteiger partial charge on any atom is -0.442 e. The van der Waals surface area contributed by atoms with E-state index in [4.69, 9.17) is 15.4 Å². The van der Waals surface area contributed by atoms with E-state index in [2.05, 4.69) is 11.7 Å². The minimum atomic E-state index is -0.838. The van der Waals surface area contributed by atoms with Crippen molar-refractivity contribution in [2.75, 3.05) is 54.2 Å². The number of amides is 1. The van der Waals surface area contributed by atoms with Gasteiger partial charge in [-0.3, -0.25) is 29.9 Å². The van der Waals surface area contributed by atoms with Gasteiger partial charge < -0.3 is 14.6 Å². The number of nitro groups is 1. The average Bonchev–Trinajstić information content (AvgIpc) is 3.06. The Kier molecular flexibility index (Phi) is 7.79. The highest BCUT2D eigenvalue weighted by Crippen LogP contribution is 2.32. The van der Waals surface area contributed by atoms with E-state index >= 15 is 8.78 Å². The molecule has 2 saturated heterocycles. The highest BCUT2D eigenvalue weighted by molar-refractivity contribution is 5.90. The Labute approximate surface area is 210 Å². The Morgan fingerprint density at radius 3 is 2.54 bits per heavy atom. The number of ether oxygens (including phenoxy) is 1. The number of hydrogen-bond donors (Lipinski definition) is 1. The summed E-state index contributed by atoms with van der Waals surface area (Å²) in [5.41, 5.74) is 0.312. The van der Waals surface area contributed by atoms with Crippen LogP contribution in [0.25, 0.3) is 0 Å². The molecular formula is C23H25F2N7O5. The Bertz CT molecular complexity index is 1170. The Morgan fingerprint density at radius 2 is 1.89 bits per heavy atom. The van der Waals surface area contributed by atoms with Crippen molar-refractivity contribution in [3.05, 3.63) is 70.5 Å². The first-order chi connectivity index (χ1) is 17.8. The molecule has 0 bridgehead atoms. The van der Waals surface area contributed by atoms with Gasteiger partial charge in [0.1, 0.15) is 11.8 Å². The molecule has 2 aromatic carbocycles. The van der Waals surface area contributed by atoms with Crippen molar-refractivity contribution in [3.8, 4) is 0 Å². The van der Waals surface area contributed by atoms with E-state index in [0.29, 0.717) is 5.69 Å². The van der Waals surface area contributed by atoms with E-state index in [1.165, 1.54) is 39.5 Å². The summed E-state index contributed by atoms with van der Waals surface area (Å²) in [6, 6.07) is 7.97. The predicted octanol–water partition coefficient (Wildman–Crippen LogP) is 2.80. The number of hydrogen-bond acceptors (Lipinski definition) is 10. The fraction of sp³-hybridized carbons (Fsp3) is 0.304. The molecule has 2 aliphatic rings. The van der Waals surface area contributed by atoms with Crippen molar-refractivity contribution >= 4 is 35.6 Å². The van der Waals surface area contributed by atoms with Crippen LogP contribution in [0.2, 0.25) is 0 Å². The number of cyclic esters (lactones) is 1. The molecule has 2 aromatic rings. The van der Waals surface area contributed by atoms with Gasteiger partial charge >= 0.3 is 6.09 Å². The van der Waals surface area contributed by atoms with Crippen molar-refractivity contribution in [3.63, 3.8) is 0 Å². The number of carbonyl (C=O) groups is 1. The van der Waals surface area contributed by atoms with E-state index < -0.39 is 28.8 Å². The van der Waals surface area contributed by atoms with Crippen molar-refractivity contribution in [2.45, 2.75) is 6.10 Å². The molecule has 37 heavy (non-hydrogen) atoms. The van der Waals surface area contributed by atoms with Gasteiger partial charge in [0.15, 0.2) is 11.6 Å². The molecule has 0 unspecified atom stereocenters. The van der Waals surface area contributed by atoms with E-state index in [1.807, 2.05) is 0 Å². The SMILES string of the molecule is C=N/C=C\N(N)C[C@H]1CN(c2cc(F)c(N3CCON(c4ccc([N+](=O)[O-])cc4)CC3)c(F)c2)C(=O)O1. The van der Waals surface area contributed by atoms with Gasteiger partial charge in [-0.2, -0.15) is 0 Å². The average molecular weight is 517 g/mol. The molecule has 4 rings (SSSR count). The van der Waals surface area contributed by atoms with Crippen molar-refractivity contribution in [2.24, 2.45) is 10.8 Å². The lowest BCUT2D eigenvalue weighted by atomic mass is 10.2. The second-order valence-corrected chi connectivity index (χ2v) is 8.25. The zero-order valence-electron chi connectivity index (χ0n) is 19.7. The molecular weight excluding hydrogens is 492 g/mol. The molecule has 2 N–H and O–H groups in total. The summed E-state index contributed by atoms with van der Waals surface area (Å²) in [4.78, 5) is 34.6. The molecule has 0 aromatic heterocycles. The Balaban J connectivity index is 1.44. The number of nitro benzene ring substituents is 1. The summed E-state index contributed by atoms with van der Waals surface area (Å²) in [6.07, 6.45) is 1.46. The van der Waals surface area contributed by atoms with Crippen LogP contribution in [0.1, 0.15) is 0 Å². The van der Waals surface area contributed by atoms with Crippen LogP contribution in [-0.4, -0.2) is 68.2 Å². The molecule has 0 radical (unpaired) electrons. The molecule has 196 valence electrons. The summed E-state index contributed by atoms with van der Waals surface area (Å²) in [7, 11) is 0. The Hall–Kier alpha value is -4.30. The zero-order valence-corrected chi connectivity index (χ0v) is 19.7. The normalized spacial score (nSPS) is 18.2. The first-order valence-electron chi connectivity index (χ1n) is 11.3. The summed E-state index contributed by atoms with van der Waals surface area (Å²) >= 11 is 0. The number of anilines is 3. The lowest BCUT2D eigenvalue weighted by Gasteiger charge is -2.25. The van der Waals surface area contributed by atoms with E-state index in [-0.39, 0.29) is 56.4 Å². The van der Waals surface area contributed by atoms with Gasteiger partial charge in [0.2, 0.25) is 0 Å². The summed E-state index contributed by atoms with van der Waals surface area (Å²) < 4.78 is 35.6. The van der Waals surface area contributed by atoms with Crippen molar-refractivity contribution in [1.82, 2.24) is 5.01 Å². The number of benzene rings is 2. The van der Waals surface area contributed by atoms with Crippen LogP contribution in [0.4, 0.5) is 36.3 Å². The van der Waals surface area contributed by atoms with Gasteiger partial charge in [-0.05, 0) is 18.9 Å². The number of halogens is 2. The quantitative estimate of drug-likeness (QED) is 0.243. The highest BCUT2D eigenvalue weighted by Gasteiger charge is 2.34. The highest BCUT2D eigenvalue weighted by atomic mass is 19.1. The van der Waals surface area contributed by atoms with Crippen LogP contribution in [0.5, 0.6) is 0 Å². The fourth-order valence-corrected chi connectivity index (χ4v) is 4.08. The lowest BCUT2D eigenvalue weighted by Crippen LogP contribution is -2.36. The molecule has 2 heterocycles. The standard InChI is InChI=1S/C23H25F2N7O5/c1-27-6-7-29(26)14-19-15-30(23(33)37-19)18-12-20(24)22(21(25)13-18)28-8-9-31(36-11-10-28)16-2-4-17(5-3-16)32(34)35/h2-7,12-13,19H,1,8-11,14-15,26H2/b7-6-/t19-/m0/s1. The predicted molar refractivity (Wildman–Crippen MR) is 132 cm³/mol. The number of hydroxylamine groups is 1. The monoisotopic (exact) mass is 517 g/mol. The summed E-state index contributed by atoms with van der Waals surface area (Å²) in [5.74, 6) is 4.11. The minimum absolute atomic E-state index is 0.0247. The number of aliphatic imine (C=N–C) groups is 1. The van der Waals surface area contributed by atoms with Gasteiger partial charge in [-0.1, -0.05) is 0 Å². The summed E-state index contributed by atoms with van der Waals surface area (Å²) in [5, 5.41) is 13.7. The fourth-order valence-electron chi connectivity index (χ4n) is 4.08. The third-order valence-electron chi connectivity index (χ3n) is 5.81. The first-order valence-corrected chi connectivity index (χ1v) is 11.3. The second-order valence-electron chi connectivity index (χ2n) is 8.25. The maximum atomic E-state index is 15.2. The van der Waals surface area contributed by atoms with Crippen LogP contribution in [-0.2, 0) is 9.57 Å². The van der Waals surface area contributed by atoms with E-state index in [1.54, 1.807) is 12.1 Å². The first kappa shape index (κ1) is 25.8. The molecule has 0 aliphatic carbocycles. The van der Waals surface area contributed by atoms with E-state index in [0.717, 1.165) is 17.0 Å². The molecule has 2 aliphatic heterocycles. The van der Waals surface area contributed by atoms with Crippen molar-refractivity contribution < 1.29 is 28.1 Å². The topological polar surface area (TPSA) is 130 Å². The van der Waals surface area contributed by atoms with Gasteiger partial charge in [-0.25, -0.2) is 19.4 Å². The van der Waals surface area contributed by atoms with Gasteiger partial charge in [0.05, 0.1) is 42.5 Å². The lowest BCUT2D eigenvalue weighted by molar-refractivity contribution is -0.384. The Morgan fingerprint density at radius 1 is 1.19 bits per heavy atom. The number of carbonyl (C=O) groups excluding carboxylic acids is 1. The third kappa shape index (κ3) is 5.92. The van der Waals surface area contributed by atoms with Gasteiger partial charge in [0.25, 0.3) is 5.69 Å². The molecule has 1 atom stereocenters. The number of hydrazine groups is 1. The maximum Gasteiger partial charge on any atom is 0.414 e. The maximum absolute atomic E-state index is 15.2. The van der Waals surface area contributed by atoms with Crippen LogP contribution in [0.15, 0.2) is 53.8 Å². The third-order valence-corrected chi connectivity index (χ3v) is 5.81. The van der Waals surface area contributed by atoms with Gasteiger partial charge in [-0.15, -0.1) is 0 Å². The summed E-state index contributed by atoms with van der Waals surface area (Å²) in [6.45, 7) is 4.31. The van der Waals surface area contributed by atoms with Gasteiger partial charge in [0, 0.05) is 49.8 Å². The van der Waals surface area contributed by atoms with Crippen LogP contribution in [0, 0.1) is 21.7 Å². The zero-order chi connectivity index (χ0) is 26.5. The number of nitrogens with zero attached hydrogens (tertiary/aromatic N) is 6. The van der Waals surface area contributed by atoms with Crippen LogP contribution < -0.4 is 20.7 Å². The van der Waals surface area contributed by atoms with E-state index in [9.17, 15) is 14.9 Å². The molecule has 2 fully saturated rings. The second kappa shape index (κ2) is 11.2. The smallest absolute Gasteiger partial charge is 0.414 e. The molecule has 0 saturated carbocycles. The van der Waals surface area contributed by atoms with Crippen LogP contribution >= 0.6 is 0 Å². The molecule has 12 nitrogen and oxygen atoms in total. The van der Waals surface area contributed by atoms with Crippen LogP contribution in [0.3, 0.4) is 0 Å². The molecule has 0 spiro atoms.